The molecule has 1 aromatic carbocycles. The molecule has 0 amide bonds. The second kappa shape index (κ2) is 7.47. The lowest BCUT2D eigenvalue weighted by Crippen LogP contribution is -2.45. The summed E-state index contributed by atoms with van der Waals surface area (Å²) in [4.78, 5) is 24.6. The van der Waals surface area contributed by atoms with Crippen LogP contribution in [0.25, 0.3) is 0 Å². The first-order chi connectivity index (χ1) is 10.9. The first-order valence-electron chi connectivity index (χ1n) is 7.37. The average molecular weight is 357 g/mol. The molecule has 0 saturated heterocycles. The number of hydrogen-bond donors (Lipinski definition) is 1. The number of hydrogen-bond acceptors (Lipinski definition) is 4. The summed E-state index contributed by atoms with van der Waals surface area (Å²) in [5, 5.41) is 10.9. The van der Waals surface area contributed by atoms with E-state index >= 15 is 0 Å². The third-order valence-electron chi connectivity index (χ3n) is 4.01. The third kappa shape index (κ3) is 4.14. The van der Waals surface area contributed by atoms with Crippen LogP contribution in [0, 0.1) is 11.8 Å². The van der Waals surface area contributed by atoms with Gasteiger partial charge >= 0.3 is 5.97 Å². The Hall–Kier alpha value is -1.36. The summed E-state index contributed by atoms with van der Waals surface area (Å²) < 4.78 is 4.93. The minimum atomic E-state index is -1.36. The van der Waals surface area contributed by atoms with E-state index in [1.165, 1.54) is 6.08 Å². The van der Waals surface area contributed by atoms with Crippen molar-refractivity contribution < 1.29 is 19.4 Å². The summed E-state index contributed by atoms with van der Waals surface area (Å²) in [5.74, 6) is -2.60. The number of carbonyl (C=O) groups excluding carboxylic acids is 2. The van der Waals surface area contributed by atoms with Crippen LogP contribution in [-0.2, 0) is 19.9 Å². The highest BCUT2D eigenvalue weighted by Crippen LogP contribution is 2.42. The van der Waals surface area contributed by atoms with Gasteiger partial charge in [0.15, 0.2) is 5.78 Å². The minimum absolute atomic E-state index is 0.0468. The smallest absolute Gasteiger partial charge is 0.317 e. The molecule has 23 heavy (non-hydrogen) atoms. The first kappa shape index (κ1) is 18.0. The second-order valence-corrected chi connectivity index (χ2v) is 6.60. The molecule has 6 heteroatoms. The zero-order chi connectivity index (χ0) is 17.0. The van der Waals surface area contributed by atoms with Crippen molar-refractivity contribution in [1.82, 2.24) is 0 Å². The predicted octanol–water partition coefficient (Wildman–Crippen LogP) is 3.35. The molecule has 2 rings (SSSR count). The van der Waals surface area contributed by atoms with Crippen LogP contribution >= 0.6 is 23.2 Å². The highest BCUT2D eigenvalue weighted by molar-refractivity contribution is 6.55. The van der Waals surface area contributed by atoms with Crippen LogP contribution in [0.15, 0.2) is 40.9 Å². The van der Waals surface area contributed by atoms with Crippen molar-refractivity contribution in [3.63, 3.8) is 0 Å². The normalized spacial score (nSPS) is 27.4. The van der Waals surface area contributed by atoms with Crippen LogP contribution in [0.1, 0.15) is 25.3 Å². The molecule has 0 heterocycles. The van der Waals surface area contributed by atoms with Gasteiger partial charge in [-0.3, -0.25) is 9.59 Å². The molecule has 1 aliphatic rings. The molecule has 1 aromatic rings. The molecule has 0 bridgehead atoms. The Labute approximate surface area is 145 Å². The highest BCUT2D eigenvalue weighted by atomic mass is 35.5. The van der Waals surface area contributed by atoms with E-state index in [0.717, 1.165) is 0 Å². The van der Waals surface area contributed by atoms with E-state index in [1.54, 1.807) is 31.2 Å². The number of rotatable bonds is 4. The maximum atomic E-state index is 12.5. The van der Waals surface area contributed by atoms with Gasteiger partial charge in [-0.1, -0.05) is 53.5 Å². The van der Waals surface area contributed by atoms with Crippen LogP contribution < -0.4 is 0 Å². The van der Waals surface area contributed by atoms with Gasteiger partial charge in [0.25, 0.3) is 0 Å². The van der Waals surface area contributed by atoms with Crippen LogP contribution in [0.3, 0.4) is 0 Å². The van der Waals surface area contributed by atoms with E-state index < -0.39 is 23.4 Å². The number of Topliss-reactive ketones (excluding diaryl/α,β-unsaturated/α-hetero) is 1. The van der Waals surface area contributed by atoms with Gasteiger partial charge in [0, 0.05) is 12.3 Å². The fourth-order valence-corrected chi connectivity index (χ4v) is 3.36. The van der Waals surface area contributed by atoms with Gasteiger partial charge in [0.05, 0.1) is 12.2 Å². The van der Waals surface area contributed by atoms with E-state index in [2.05, 4.69) is 0 Å². The Morgan fingerprint density at radius 2 is 2.04 bits per heavy atom. The largest absolute Gasteiger partial charge is 0.465 e. The maximum Gasteiger partial charge on any atom is 0.317 e. The molecule has 4 nitrogen and oxygen atoms in total. The van der Waals surface area contributed by atoms with Crippen molar-refractivity contribution in [2.45, 2.75) is 25.4 Å². The maximum absolute atomic E-state index is 12.5. The molecule has 1 N–H and O–H groups in total. The van der Waals surface area contributed by atoms with Crippen LogP contribution in [0.4, 0.5) is 0 Å². The second-order valence-electron chi connectivity index (χ2n) is 5.59. The number of aliphatic hydroxyl groups is 1. The Kier molecular flexibility index (Phi) is 5.84. The Bertz CT molecular complexity index is 610. The summed E-state index contributed by atoms with van der Waals surface area (Å²) in [6.07, 6.45) is 1.44. The van der Waals surface area contributed by atoms with Crippen molar-refractivity contribution in [3.05, 3.63) is 46.5 Å². The summed E-state index contributed by atoms with van der Waals surface area (Å²) in [7, 11) is 0. The SMILES string of the molecule is CCOC(=O)[C@H]1C(=O)C[C@](O)(c2ccccc2)C[C@@H]1C=C(Cl)Cl. The summed E-state index contributed by atoms with van der Waals surface area (Å²) in [6.45, 7) is 1.85. The molecule has 0 unspecified atom stereocenters. The van der Waals surface area contributed by atoms with Crippen LogP contribution in [-0.4, -0.2) is 23.5 Å². The number of allylic oxidation sites excluding steroid dienone is 1. The lowest BCUT2D eigenvalue weighted by atomic mass is 9.68. The van der Waals surface area contributed by atoms with Gasteiger partial charge in [0.1, 0.15) is 10.4 Å². The number of ketones is 1. The fourth-order valence-electron chi connectivity index (χ4n) is 3.04. The van der Waals surface area contributed by atoms with Crippen molar-refractivity contribution in [2.24, 2.45) is 11.8 Å². The Morgan fingerprint density at radius 3 is 2.61 bits per heavy atom. The Balaban J connectivity index is 2.37. The molecule has 1 saturated carbocycles. The standard InChI is InChI=1S/C17H18Cl2O4/c1-2-23-16(21)15-11(8-14(18)19)9-17(22,10-13(15)20)12-6-4-3-5-7-12/h3-8,11,15,22H,2,9-10H2,1H3/t11-,15+,17-/m0/s1. The van der Waals surface area contributed by atoms with Crippen LogP contribution in [0.2, 0.25) is 0 Å². The quantitative estimate of drug-likeness (QED) is 0.663. The van der Waals surface area contributed by atoms with Gasteiger partial charge < -0.3 is 9.84 Å². The van der Waals surface area contributed by atoms with E-state index in [1.807, 2.05) is 6.07 Å². The predicted molar refractivity (Wildman–Crippen MR) is 88.0 cm³/mol. The number of halogens is 2. The molecule has 1 aliphatic carbocycles. The summed E-state index contributed by atoms with van der Waals surface area (Å²) in [6, 6.07) is 8.90. The molecule has 0 aromatic heterocycles. The molecule has 3 atom stereocenters. The highest BCUT2D eigenvalue weighted by Gasteiger charge is 2.48. The average Bonchev–Trinajstić information content (AvgIpc) is 2.47. The Morgan fingerprint density at radius 1 is 1.39 bits per heavy atom. The zero-order valence-electron chi connectivity index (χ0n) is 12.7. The molecular formula is C17H18Cl2O4. The first-order valence-corrected chi connectivity index (χ1v) is 8.13. The minimum Gasteiger partial charge on any atom is -0.465 e. The molecule has 0 aliphatic heterocycles. The monoisotopic (exact) mass is 356 g/mol. The van der Waals surface area contributed by atoms with Gasteiger partial charge in [-0.25, -0.2) is 0 Å². The zero-order valence-corrected chi connectivity index (χ0v) is 14.2. The molecule has 1 fully saturated rings. The topological polar surface area (TPSA) is 63.6 Å². The third-order valence-corrected chi connectivity index (χ3v) is 4.26. The van der Waals surface area contributed by atoms with Gasteiger partial charge in [0.2, 0.25) is 0 Å². The van der Waals surface area contributed by atoms with Gasteiger partial charge in [-0.2, -0.15) is 0 Å². The van der Waals surface area contributed by atoms with Crippen molar-refractivity contribution in [2.75, 3.05) is 6.61 Å². The molecule has 0 spiro atoms. The van der Waals surface area contributed by atoms with E-state index in [9.17, 15) is 14.7 Å². The molecule has 124 valence electrons. The molecular weight excluding hydrogens is 339 g/mol. The number of carbonyl (C=O) groups is 2. The lowest BCUT2D eigenvalue weighted by Gasteiger charge is -2.38. The molecule has 0 radical (unpaired) electrons. The van der Waals surface area contributed by atoms with Crippen molar-refractivity contribution in [1.29, 1.82) is 0 Å². The van der Waals surface area contributed by atoms with Crippen LogP contribution in [0.5, 0.6) is 0 Å². The number of ether oxygens (including phenoxy) is 1. The number of esters is 1. The number of benzene rings is 1. The fraction of sp³-hybridized carbons (Fsp3) is 0.412. The van der Waals surface area contributed by atoms with Crippen molar-refractivity contribution >= 4 is 35.0 Å². The van der Waals surface area contributed by atoms with E-state index in [0.29, 0.717) is 5.56 Å². The van der Waals surface area contributed by atoms with Crippen molar-refractivity contribution in [3.8, 4) is 0 Å². The van der Waals surface area contributed by atoms with E-state index in [4.69, 9.17) is 27.9 Å². The lowest BCUT2D eigenvalue weighted by molar-refractivity contribution is -0.159. The van der Waals surface area contributed by atoms with Gasteiger partial charge in [-0.15, -0.1) is 0 Å². The van der Waals surface area contributed by atoms with E-state index in [-0.39, 0.29) is 29.7 Å². The summed E-state index contributed by atoms with van der Waals surface area (Å²) in [5.41, 5.74) is -0.731. The van der Waals surface area contributed by atoms with Gasteiger partial charge in [-0.05, 0) is 25.0 Å². The summed E-state index contributed by atoms with van der Waals surface area (Å²) >= 11 is 11.5.